The minimum absolute atomic E-state index is 0.0136. The zero-order valence-corrected chi connectivity index (χ0v) is 17.5. The molecule has 0 saturated carbocycles. The van der Waals surface area contributed by atoms with Gasteiger partial charge in [0, 0.05) is 35.3 Å². The Kier molecular flexibility index (Phi) is 5.38. The summed E-state index contributed by atoms with van der Waals surface area (Å²) in [4.78, 5) is 6.89. The van der Waals surface area contributed by atoms with Gasteiger partial charge in [0.15, 0.2) is 5.11 Å². The molecule has 1 saturated heterocycles. The highest BCUT2D eigenvalue weighted by Gasteiger charge is 2.41. The first kappa shape index (κ1) is 19.0. The average Bonchev–Trinajstić information content (AvgIpc) is 3.27. The molecule has 0 radical (unpaired) electrons. The predicted octanol–water partition coefficient (Wildman–Crippen LogP) is 5.15. The molecule has 0 aliphatic carbocycles. The van der Waals surface area contributed by atoms with Gasteiger partial charge < -0.3 is 14.8 Å². The summed E-state index contributed by atoms with van der Waals surface area (Å²) in [5, 5.41) is 5.00. The Morgan fingerprint density at radius 1 is 1.14 bits per heavy atom. The number of benzene rings is 1. The Hall–Kier alpha value is -2.37. The van der Waals surface area contributed by atoms with E-state index in [0.717, 1.165) is 33.8 Å². The van der Waals surface area contributed by atoms with Gasteiger partial charge >= 0.3 is 0 Å². The van der Waals surface area contributed by atoms with Crippen LogP contribution >= 0.6 is 23.8 Å². The lowest BCUT2D eigenvalue weighted by Gasteiger charge is -2.30. The molecular formula is C22H23ClN4S. The zero-order valence-electron chi connectivity index (χ0n) is 15.9. The molecule has 0 bridgehead atoms. The Labute approximate surface area is 176 Å². The van der Waals surface area contributed by atoms with E-state index in [9.17, 15) is 0 Å². The van der Waals surface area contributed by atoms with Crippen molar-refractivity contribution in [3.63, 3.8) is 0 Å². The number of hydrogen-bond acceptors (Lipinski definition) is 2. The maximum absolute atomic E-state index is 6.25. The van der Waals surface area contributed by atoms with Crippen molar-refractivity contribution in [2.45, 2.75) is 25.9 Å². The van der Waals surface area contributed by atoms with E-state index in [-0.39, 0.29) is 12.1 Å². The lowest BCUT2D eigenvalue weighted by atomic mass is 10.0. The van der Waals surface area contributed by atoms with Crippen molar-refractivity contribution < 1.29 is 0 Å². The first-order valence-electron chi connectivity index (χ1n) is 9.46. The molecule has 2 atom stereocenters. The molecule has 144 valence electrons. The van der Waals surface area contributed by atoms with E-state index in [1.54, 1.807) is 0 Å². The molecule has 1 N–H and O–H groups in total. The largest absolute Gasteiger partial charge is 0.352 e. The highest BCUT2D eigenvalue weighted by molar-refractivity contribution is 7.80. The van der Waals surface area contributed by atoms with Crippen LogP contribution in [-0.2, 0) is 0 Å². The molecule has 0 unspecified atom stereocenters. The normalized spacial score (nSPS) is 19.3. The Morgan fingerprint density at radius 3 is 2.71 bits per heavy atom. The molecular weight excluding hydrogens is 388 g/mol. The summed E-state index contributed by atoms with van der Waals surface area (Å²) < 4.78 is 2.19. The summed E-state index contributed by atoms with van der Waals surface area (Å²) in [5.74, 6) is 0.485. The van der Waals surface area contributed by atoms with Crippen molar-refractivity contribution in [1.82, 2.24) is 19.8 Å². The molecule has 4 nitrogen and oxygen atoms in total. The Balaban J connectivity index is 1.81. The van der Waals surface area contributed by atoms with Crippen LogP contribution in [0.4, 0.5) is 0 Å². The van der Waals surface area contributed by atoms with Crippen molar-refractivity contribution in [2.24, 2.45) is 5.92 Å². The van der Waals surface area contributed by atoms with E-state index < -0.39 is 0 Å². The van der Waals surface area contributed by atoms with E-state index >= 15 is 0 Å². The average molecular weight is 411 g/mol. The van der Waals surface area contributed by atoms with Crippen LogP contribution in [0.15, 0.2) is 67.0 Å². The van der Waals surface area contributed by atoms with Gasteiger partial charge in [0.05, 0.1) is 17.8 Å². The second kappa shape index (κ2) is 7.94. The molecule has 1 aliphatic rings. The third kappa shape index (κ3) is 3.64. The SMILES string of the molecule is CC(C)CN1C(=S)N[C@H](c2ccccn2)[C@@H]1c1cccn1-c1cccc(Cl)c1. The number of halogens is 1. The number of aromatic nitrogens is 2. The minimum atomic E-state index is -0.0136. The second-order valence-corrected chi connectivity index (χ2v) is 8.28. The molecule has 2 aromatic heterocycles. The van der Waals surface area contributed by atoms with Crippen LogP contribution in [0.5, 0.6) is 0 Å². The third-order valence-corrected chi connectivity index (χ3v) is 5.52. The van der Waals surface area contributed by atoms with Gasteiger partial charge in [0.25, 0.3) is 0 Å². The van der Waals surface area contributed by atoms with Crippen LogP contribution in [0.1, 0.15) is 37.3 Å². The minimum Gasteiger partial charge on any atom is -0.352 e. The molecule has 1 aliphatic heterocycles. The first-order chi connectivity index (χ1) is 13.5. The number of nitrogens with zero attached hydrogens (tertiary/aromatic N) is 3. The van der Waals surface area contributed by atoms with Crippen LogP contribution in [0.25, 0.3) is 5.69 Å². The van der Waals surface area contributed by atoms with E-state index in [1.165, 1.54) is 0 Å². The standard InChI is InChI=1S/C22H23ClN4S/c1-15(2)14-27-21(20(25-22(27)28)18-9-3-4-11-24-18)19-10-6-12-26(19)17-8-5-7-16(23)13-17/h3-13,15,20-21H,14H2,1-2H3,(H,25,28)/t20-,21+/m1/s1. The quantitative estimate of drug-likeness (QED) is 0.589. The van der Waals surface area contributed by atoms with Gasteiger partial charge in [-0.25, -0.2) is 0 Å². The summed E-state index contributed by atoms with van der Waals surface area (Å²) in [6.45, 7) is 5.30. The number of thiocarbonyl (C=S) groups is 1. The number of pyridine rings is 1. The highest BCUT2D eigenvalue weighted by Crippen LogP contribution is 2.40. The van der Waals surface area contributed by atoms with Crippen molar-refractivity contribution >= 4 is 28.9 Å². The summed E-state index contributed by atoms with van der Waals surface area (Å²) in [7, 11) is 0. The molecule has 0 amide bonds. The van der Waals surface area contributed by atoms with Crippen molar-refractivity contribution in [3.8, 4) is 5.69 Å². The third-order valence-electron chi connectivity index (χ3n) is 4.93. The fraction of sp³-hybridized carbons (Fsp3) is 0.273. The molecule has 28 heavy (non-hydrogen) atoms. The number of nitrogens with one attached hydrogen (secondary N) is 1. The van der Waals surface area contributed by atoms with E-state index in [2.05, 4.69) is 64.1 Å². The maximum atomic E-state index is 6.25. The molecule has 1 aromatic carbocycles. The van der Waals surface area contributed by atoms with Gasteiger partial charge in [-0.15, -0.1) is 0 Å². The Bertz CT molecular complexity index is 969. The Morgan fingerprint density at radius 2 is 2.00 bits per heavy atom. The summed E-state index contributed by atoms with van der Waals surface area (Å²) in [6.07, 6.45) is 3.91. The second-order valence-electron chi connectivity index (χ2n) is 7.46. The van der Waals surface area contributed by atoms with Crippen LogP contribution in [0.2, 0.25) is 5.02 Å². The molecule has 1 fully saturated rings. The fourth-order valence-electron chi connectivity index (χ4n) is 3.81. The van der Waals surface area contributed by atoms with Crippen LogP contribution in [-0.4, -0.2) is 26.1 Å². The van der Waals surface area contributed by atoms with Gasteiger partial charge in [0.1, 0.15) is 0 Å². The summed E-state index contributed by atoms with van der Waals surface area (Å²) in [5.41, 5.74) is 3.18. The monoisotopic (exact) mass is 410 g/mol. The van der Waals surface area contributed by atoms with E-state index in [1.807, 2.05) is 36.5 Å². The van der Waals surface area contributed by atoms with Gasteiger partial charge in [0.2, 0.25) is 0 Å². The van der Waals surface area contributed by atoms with Crippen LogP contribution in [0, 0.1) is 5.92 Å². The molecule has 3 aromatic rings. The molecule has 3 heterocycles. The van der Waals surface area contributed by atoms with E-state index in [0.29, 0.717) is 5.92 Å². The van der Waals surface area contributed by atoms with Crippen molar-refractivity contribution in [2.75, 3.05) is 6.54 Å². The lowest BCUT2D eigenvalue weighted by molar-refractivity contribution is 0.280. The summed E-state index contributed by atoms with van der Waals surface area (Å²) in [6, 6.07) is 18.2. The van der Waals surface area contributed by atoms with Gasteiger partial charge in [-0.1, -0.05) is 37.6 Å². The summed E-state index contributed by atoms with van der Waals surface area (Å²) >= 11 is 12.0. The molecule has 6 heteroatoms. The number of rotatable bonds is 5. The van der Waals surface area contributed by atoms with Crippen LogP contribution < -0.4 is 5.32 Å². The fourth-order valence-corrected chi connectivity index (χ4v) is 4.31. The highest BCUT2D eigenvalue weighted by atomic mass is 35.5. The predicted molar refractivity (Wildman–Crippen MR) is 118 cm³/mol. The zero-order chi connectivity index (χ0) is 19.7. The maximum Gasteiger partial charge on any atom is 0.170 e. The van der Waals surface area contributed by atoms with Crippen LogP contribution in [0.3, 0.4) is 0 Å². The van der Waals surface area contributed by atoms with Gasteiger partial charge in [-0.3, -0.25) is 4.98 Å². The van der Waals surface area contributed by atoms with Crippen molar-refractivity contribution in [3.05, 3.63) is 83.4 Å². The number of hydrogen-bond donors (Lipinski definition) is 1. The molecule has 0 spiro atoms. The lowest BCUT2D eigenvalue weighted by Crippen LogP contribution is -2.33. The van der Waals surface area contributed by atoms with E-state index in [4.69, 9.17) is 23.8 Å². The first-order valence-corrected chi connectivity index (χ1v) is 10.2. The van der Waals surface area contributed by atoms with Crippen molar-refractivity contribution in [1.29, 1.82) is 0 Å². The smallest absolute Gasteiger partial charge is 0.170 e. The topological polar surface area (TPSA) is 33.1 Å². The molecule has 4 rings (SSSR count). The van der Waals surface area contributed by atoms with Gasteiger partial charge in [-0.2, -0.15) is 0 Å². The van der Waals surface area contributed by atoms with Gasteiger partial charge in [-0.05, 0) is 60.6 Å².